The molecule has 0 saturated heterocycles. The molecule has 0 spiro atoms. The number of sulfonamides is 1. The number of aromatic nitrogens is 3. The van der Waals surface area contributed by atoms with Crippen LogP contribution in [0.2, 0.25) is 5.02 Å². The molecule has 0 unspecified atom stereocenters. The summed E-state index contributed by atoms with van der Waals surface area (Å²) in [6.45, 7) is 1.20. The molecule has 1 aromatic carbocycles. The van der Waals surface area contributed by atoms with E-state index >= 15 is 0 Å². The fourth-order valence-electron chi connectivity index (χ4n) is 2.87. The first-order chi connectivity index (χ1) is 12.4. The zero-order valence-electron chi connectivity index (χ0n) is 14.0. The Kier molecular flexibility index (Phi) is 5.46. The van der Waals surface area contributed by atoms with Crippen molar-refractivity contribution in [3.63, 3.8) is 0 Å². The van der Waals surface area contributed by atoms with Crippen LogP contribution in [-0.2, 0) is 29.5 Å². The summed E-state index contributed by atoms with van der Waals surface area (Å²) in [5.74, 6) is 0.800. The number of nitrogens with zero attached hydrogens (tertiary/aromatic N) is 4. The highest BCUT2D eigenvalue weighted by Crippen LogP contribution is 2.20. The maximum atomic E-state index is 12.3. The predicted molar refractivity (Wildman–Crippen MR) is 95.4 cm³/mol. The third-order valence-electron chi connectivity index (χ3n) is 4.24. The smallest absolute Gasteiger partial charge is 0.279 e. The van der Waals surface area contributed by atoms with Crippen LogP contribution >= 0.6 is 11.6 Å². The summed E-state index contributed by atoms with van der Waals surface area (Å²) in [7, 11) is -3.73. The Labute approximate surface area is 156 Å². The van der Waals surface area contributed by atoms with Gasteiger partial charge in [-0.2, -0.15) is 10.4 Å². The van der Waals surface area contributed by atoms with Gasteiger partial charge in [-0.1, -0.05) is 11.6 Å². The van der Waals surface area contributed by atoms with E-state index in [4.69, 9.17) is 16.9 Å². The molecule has 1 aliphatic rings. The molecule has 0 bridgehead atoms. The molecule has 0 aliphatic carbocycles. The van der Waals surface area contributed by atoms with E-state index in [0.29, 0.717) is 19.5 Å². The van der Waals surface area contributed by atoms with Gasteiger partial charge in [-0.05, 0) is 37.5 Å². The Hall–Kier alpha value is -2.15. The summed E-state index contributed by atoms with van der Waals surface area (Å²) in [5.41, 5.74) is 0.0789. The standard InChI is InChI=1S/C16H18ClN5O3S/c17-14-10-13(6-5-12(14)11-18)26(24,25)19-7-3-9-22-16(23)21-8-2-1-4-15(21)20-22/h5-6,10,19H,1-4,7-9H2. The van der Waals surface area contributed by atoms with Gasteiger partial charge in [-0.25, -0.2) is 22.6 Å². The summed E-state index contributed by atoms with van der Waals surface area (Å²) in [6, 6.07) is 5.83. The molecular formula is C16H18ClN5O3S. The number of halogens is 1. The van der Waals surface area contributed by atoms with Crippen molar-refractivity contribution in [1.29, 1.82) is 5.26 Å². The highest BCUT2D eigenvalue weighted by Gasteiger charge is 2.17. The zero-order valence-corrected chi connectivity index (χ0v) is 15.6. The number of benzene rings is 1. The Bertz CT molecular complexity index is 1020. The normalized spacial score (nSPS) is 14.0. The van der Waals surface area contributed by atoms with Gasteiger partial charge in [-0.15, -0.1) is 0 Å². The molecule has 10 heteroatoms. The van der Waals surface area contributed by atoms with Crippen molar-refractivity contribution in [3.8, 4) is 6.07 Å². The van der Waals surface area contributed by atoms with E-state index in [1.54, 1.807) is 4.57 Å². The molecule has 2 aromatic rings. The molecule has 138 valence electrons. The number of nitrogens with one attached hydrogen (secondary N) is 1. The fraction of sp³-hybridized carbons (Fsp3) is 0.438. The van der Waals surface area contributed by atoms with E-state index in [2.05, 4.69) is 9.82 Å². The van der Waals surface area contributed by atoms with E-state index in [0.717, 1.165) is 25.1 Å². The van der Waals surface area contributed by atoms with Crippen molar-refractivity contribution in [2.75, 3.05) is 6.54 Å². The van der Waals surface area contributed by atoms with Crippen molar-refractivity contribution in [2.24, 2.45) is 0 Å². The minimum atomic E-state index is -3.73. The third kappa shape index (κ3) is 3.82. The Morgan fingerprint density at radius 3 is 2.85 bits per heavy atom. The molecule has 26 heavy (non-hydrogen) atoms. The van der Waals surface area contributed by atoms with Gasteiger partial charge >= 0.3 is 5.69 Å². The average molecular weight is 396 g/mol. The first-order valence-electron chi connectivity index (χ1n) is 8.28. The molecule has 3 rings (SSSR count). The number of rotatable bonds is 6. The molecular weight excluding hydrogens is 378 g/mol. The SMILES string of the molecule is N#Cc1ccc(S(=O)(=O)NCCCn2nc3n(c2=O)CCCC3)cc1Cl. The van der Waals surface area contributed by atoms with Gasteiger partial charge in [0.05, 0.1) is 15.5 Å². The Balaban J connectivity index is 1.59. The van der Waals surface area contributed by atoms with Gasteiger partial charge in [0.25, 0.3) is 0 Å². The summed E-state index contributed by atoms with van der Waals surface area (Å²) < 4.78 is 30.1. The topological polar surface area (TPSA) is 110 Å². The quantitative estimate of drug-likeness (QED) is 0.740. The molecule has 8 nitrogen and oxygen atoms in total. The van der Waals surface area contributed by atoms with Crippen LogP contribution < -0.4 is 10.4 Å². The highest BCUT2D eigenvalue weighted by molar-refractivity contribution is 7.89. The van der Waals surface area contributed by atoms with E-state index in [-0.39, 0.29) is 27.7 Å². The number of aryl methyl sites for hydroxylation is 2. The second-order valence-corrected chi connectivity index (χ2v) is 8.21. The maximum absolute atomic E-state index is 12.3. The lowest BCUT2D eigenvalue weighted by molar-refractivity contribution is 0.508. The molecule has 0 amide bonds. The summed E-state index contributed by atoms with van der Waals surface area (Å²) in [5, 5.41) is 13.2. The number of nitriles is 1. The lowest BCUT2D eigenvalue weighted by Crippen LogP contribution is -2.29. The summed E-state index contributed by atoms with van der Waals surface area (Å²) >= 11 is 5.88. The van der Waals surface area contributed by atoms with E-state index in [1.165, 1.54) is 22.9 Å². The van der Waals surface area contributed by atoms with Crippen molar-refractivity contribution in [1.82, 2.24) is 19.1 Å². The molecule has 0 radical (unpaired) electrons. The van der Waals surface area contributed by atoms with Crippen molar-refractivity contribution in [2.45, 2.75) is 43.7 Å². The van der Waals surface area contributed by atoms with E-state index < -0.39 is 10.0 Å². The average Bonchev–Trinajstić information content (AvgIpc) is 2.95. The first kappa shape index (κ1) is 18.6. The highest BCUT2D eigenvalue weighted by atomic mass is 35.5. The van der Waals surface area contributed by atoms with Crippen LogP contribution in [0.25, 0.3) is 0 Å². The fourth-order valence-corrected chi connectivity index (χ4v) is 4.25. The number of hydrogen-bond acceptors (Lipinski definition) is 5. The van der Waals surface area contributed by atoms with Crippen LogP contribution in [0.4, 0.5) is 0 Å². The van der Waals surface area contributed by atoms with Crippen LogP contribution in [0.1, 0.15) is 30.7 Å². The number of hydrogen-bond donors (Lipinski definition) is 1. The largest absolute Gasteiger partial charge is 0.345 e. The Morgan fingerprint density at radius 1 is 1.35 bits per heavy atom. The third-order valence-corrected chi connectivity index (χ3v) is 6.01. The van der Waals surface area contributed by atoms with Gasteiger partial charge in [0.1, 0.15) is 11.9 Å². The monoisotopic (exact) mass is 395 g/mol. The van der Waals surface area contributed by atoms with Gasteiger partial charge in [0, 0.05) is 26.1 Å². The molecule has 1 aliphatic heterocycles. The molecule has 0 fully saturated rings. The van der Waals surface area contributed by atoms with Crippen LogP contribution in [0.5, 0.6) is 0 Å². The minimum absolute atomic E-state index is 0.00359. The van der Waals surface area contributed by atoms with E-state index in [1.807, 2.05) is 6.07 Å². The molecule has 1 aromatic heterocycles. The maximum Gasteiger partial charge on any atom is 0.345 e. The van der Waals surface area contributed by atoms with Crippen LogP contribution in [0.3, 0.4) is 0 Å². The first-order valence-corrected chi connectivity index (χ1v) is 10.1. The lowest BCUT2D eigenvalue weighted by Gasteiger charge is -2.09. The van der Waals surface area contributed by atoms with Gasteiger partial charge in [-0.3, -0.25) is 4.57 Å². The molecule has 2 heterocycles. The van der Waals surface area contributed by atoms with Crippen molar-refractivity contribution >= 4 is 21.6 Å². The zero-order chi connectivity index (χ0) is 18.7. The lowest BCUT2D eigenvalue weighted by atomic mass is 10.2. The van der Waals surface area contributed by atoms with Crippen molar-refractivity contribution < 1.29 is 8.42 Å². The minimum Gasteiger partial charge on any atom is -0.279 e. The van der Waals surface area contributed by atoms with Crippen LogP contribution in [-0.4, -0.2) is 29.3 Å². The van der Waals surface area contributed by atoms with Crippen molar-refractivity contribution in [3.05, 3.63) is 45.1 Å². The number of fused-ring (bicyclic) bond motifs is 1. The summed E-state index contributed by atoms with van der Waals surface area (Å²) in [6.07, 6.45) is 3.24. The van der Waals surface area contributed by atoms with Gasteiger partial charge in [0.2, 0.25) is 10.0 Å². The predicted octanol–water partition coefficient (Wildman–Crippen LogP) is 1.27. The van der Waals surface area contributed by atoms with Gasteiger partial charge in [0.15, 0.2) is 0 Å². The van der Waals surface area contributed by atoms with Crippen LogP contribution in [0.15, 0.2) is 27.9 Å². The Morgan fingerprint density at radius 2 is 2.15 bits per heavy atom. The van der Waals surface area contributed by atoms with Crippen LogP contribution in [0, 0.1) is 11.3 Å². The van der Waals surface area contributed by atoms with Gasteiger partial charge < -0.3 is 0 Å². The molecule has 0 saturated carbocycles. The van der Waals surface area contributed by atoms with E-state index in [9.17, 15) is 13.2 Å². The molecule has 0 atom stereocenters. The molecule has 1 N–H and O–H groups in total. The second-order valence-electron chi connectivity index (χ2n) is 6.04. The summed E-state index contributed by atoms with van der Waals surface area (Å²) in [4.78, 5) is 12.2. The second kappa shape index (κ2) is 7.61.